The van der Waals surface area contributed by atoms with E-state index in [1.807, 2.05) is 30.3 Å². The van der Waals surface area contributed by atoms with E-state index in [-0.39, 0.29) is 12.0 Å². The molecule has 11 rings (SSSR count). The van der Waals surface area contributed by atoms with Crippen molar-refractivity contribution in [3.05, 3.63) is 186 Å². The highest BCUT2D eigenvalue weighted by molar-refractivity contribution is 6.33. The molecule has 3 nitrogen and oxygen atoms in total. The average Bonchev–Trinajstić information content (AvgIpc) is 3.73. The molecule has 0 spiro atoms. The molecule has 0 radical (unpaired) electrons. The molecule has 3 aliphatic rings. The Hall–Kier alpha value is -6.29. The second-order valence-corrected chi connectivity index (χ2v) is 14.1. The van der Waals surface area contributed by atoms with Crippen LogP contribution in [-0.2, 0) is 0 Å². The standard InChI is InChI=1S/C48H30ClNO2/c49-41-13-5-6-14-44(41)50-42-21-17-29(31-19-23-47-39(27-31)35-11-3-7-15-45(35)51-47)25-37(42)33-9-1-2-10-34(33)38-26-30(18-22-43(38)50)32-20-24-48-40(28-32)36-12-4-8-16-46(36)52-48/h1-28,39,47H. The van der Waals surface area contributed by atoms with Gasteiger partial charge in [0, 0.05) is 33.4 Å². The number of ether oxygens (including phenoxy) is 1. The molecule has 0 bridgehead atoms. The third-order valence-corrected chi connectivity index (χ3v) is 11.2. The van der Waals surface area contributed by atoms with Crippen LogP contribution in [0.4, 0.5) is 17.1 Å². The topological polar surface area (TPSA) is 25.6 Å². The zero-order valence-electron chi connectivity index (χ0n) is 28.0. The van der Waals surface area contributed by atoms with Crippen molar-refractivity contribution in [1.82, 2.24) is 0 Å². The molecule has 246 valence electrons. The molecular weight excluding hydrogens is 658 g/mol. The maximum absolute atomic E-state index is 7.04. The van der Waals surface area contributed by atoms with E-state index in [4.69, 9.17) is 20.8 Å². The maximum atomic E-state index is 7.04. The number of halogens is 1. The predicted octanol–water partition coefficient (Wildman–Crippen LogP) is 13.5. The molecule has 52 heavy (non-hydrogen) atoms. The van der Waals surface area contributed by atoms with E-state index < -0.39 is 0 Å². The Balaban J connectivity index is 1.11. The zero-order chi connectivity index (χ0) is 34.3. The number of anilines is 3. The largest absolute Gasteiger partial charge is 0.485 e. The summed E-state index contributed by atoms with van der Waals surface area (Å²) in [4.78, 5) is 2.33. The highest BCUT2D eigenvalue weighted by Crippen LogP contribution is 2.53. The molecule has 0 amide bonds. The van der Waals surface area contributed by atoms with Crippen molar-refractivity contribution in [2.24, 2.45) is 0 Å². The number of fused-ring (bicyclic) bond motifs is 11. The van der Waals surface area contributed by atoms with E-state index in [0.717, 1.165) is 67.0 Å². The molecule has 0 N–H and O–H groups in total. The van der Waals surface area contributed by atoms with Crippen LogP contribution in [0.15, 0.2) is 174 Å². The number of para-hydroxylation sites is 3. The summed E-state index contributed by atoms with van der Waals surface area (Å²) in [7, 11) is 0. The first-order valence-corrected chi connectivity index (χ1v) is 18.1. The fourth-order valence-electron chi connectivity index (χ4n) is 8.38. The molecular formula is C48H30ClNO2. The molecule has 7 aromatic carbocycles. The van der Waals surface area contributed by atoms with E-state index in [1.54, 1.807) is 0 Å². The summed E-state index contributed by atoms with van der Waals surface area (Å²) in [5.74, 6) is 1.16. The average molecular weight is 688 g/mol. The number of rotatable bonds is 3. The highest BCUT2D eigenvalue weighted by atomic mass is 35.5. The summed E-state index contributed by atoms with van der Waals surface area (Å²) in [6.45, 7) is 0. The smallest absolute Gasteiger partial charge is 0.135 e. The minimum absolute atomic E-state index is 0.0232. The summed E-state index contributed by atoms with van der Waals surface area (Å²) in [5, 5.41) is 2.93. The molecule has 0 fully saturated rings. The van der Waals surface area contributed by atoms with Crippen LogP contribution in [-0.4, -0.2) is 6.10 Å². The molecule has 3 heterocycles. The molecule has 2 aliphatic heterocycles. The summed E-state index contributed by atoms with van der Waals surface area (Å²) < 4.78 is 12.4. The van der Waals surface area contributed by atoms with Crippen LogP contribution in [0.5, 0.6) is 5.75 Å². The van der Waals surface area contributed by atoms with Gasteiger partial charge in [0.15, 0.2) is 0 Å². The van der Waals surface area contributed by atoms with Gasteiger partial charge in [-0.05, 0) is 100 Å². The normalized spacial score (nSPS) is 16.7. The van der Waals surface area contributed by atoms with Gasteiger partial charge in [-0.25, -0.2) is 0 Å². The number of hydrogen-bond donors (Lipinski definition) is 0. The summed E-state index contributed by atoms with van der Waals surface area (Å²) in [5.41, 5.74) is 15.4. The molecule has 1 aliphatic carbocycles. The maximum Gasteiger partial charge on any atom is 0.135 e. The number of hydrogen-bond acceptors (Lipinski definition) is 3. The van der Waals surface area contributed by atoms with Gasteiger partial charge in [0.1, 0.15) is 23.0 Å². The van der Waals surface area contributed by atoms with Gasteiger partial charge in [0.2, 0.25) is 0 Å². The molecule has 0 saturated carbocycles. The number of benzene rings is 7. The first-order valence-electron chi connectivity index (χ1n) is 17.7. The first-order chi connectivity index (χ1) is 25.7. The lowest BCUT2D eigenvalue weighted by molar-refractivity contribution is 0.269. The monoisotopic (exact) mass is 687 g/mol. The van der Waals surface area contributed by atoms with Crippen molar-refractivity contribution in [2.75, 3.05) is 4.90 Å². The van der Waals surface area contributed by atoms with Crippen molar-refractivity contribution < 1.29 is 9.15 Å². The van der Waals surface area contributed by atoms with Crippen LogP contribution in [0.2, 0.25) is 5.02 Å². The van der Waals surface area contributed by atoms with Gasteiger partial charge >= 0.3 is 0 Å². The third kappa shape index (κ3) is 4.46. The van der Waals surface area contributed by atoms with E-state index in [0.29, 0.717) is 5.02 Å². The van der Waals surface area contributed by atoms with Crippen LogP contribution < -0.4 is 9.64 Å². The molecule has 8 aromatic rings. The van der Waals surface area contributed by atoms with Gasteiger partial charge in [-0.3, -0.25) is 0 Å². The third-order valence-electron chi connectivity index (χ3n) is 10.8. The number of allylic oxidation sites excluding steroid dienone is 2. The van der Waals surface area contributed by atoms with Crippen molar-refractivity contribution in [1.29, 1.82) is 0 Å². The minimum Gasteiger partial charge on any atom is -0.485 e. The van der Waals surface area contributed by atoms with Gasteiger partial charge in [-0.1, -0.05) is 115 Å². The fraction of sp³-hybridized carbons (Fsp3) is 0.0417. The van der Waals surface area contributed by atoms with Crippen LogP contribution in [0.25, 0.3) is 60.9 Å². The van der Waals surface area contributed by atoms with Crippen molar-refractivity contribution in [2.45, 2.75) is 12.0 Å². The van der Waals surface area contributed by atoms with E-state index in [2.05, 4.69) is 144 Å². The minimum atomic E-state index is 0.0232. The summed E-state index contributed by atoms with van der Waals surface area (Å²) >= 11 is 7.04. The van der Waals surface area contributed by atoms with Crippen LogP contribution >= 0.6 is 11.6 Å². The van der Waals surface area contributed by atoms with Crippen LogP contribution in [0.1, 0.15) is 17.0 Å². The Morgan fingerprint density at radius 1 is 0.519 bits per heavy atom. The van der Waals surface area contributed by atoms with Gasteiger partial charge in [0.05, 0.1) is 22.1 Å². The van der Waals surface area contributed by atoms with E-state index >= 15 is 0 Å². The van der Waals surface area contributed by atoms with Gasteiger partial charge < -0.3 is 14.1 Å². The number of nitrogens with zero attached hydrogens (tertiary/aromatic N) is 1. The Bertz CT molecular complexity index is 2830. The van der Waals surface area contributed by atoms with Crippen molar-refractivity contribution >= 4 is 56.2 Å². The Morgan fingerprint density at radius 3 is 2.02 bits per heavy atom. The Kier molecular flexibility index (Phi) is 6.43. The van der Waals surface area contributed by atoms with E-state index in [1.165, 1.54) is 27.8 Å². The molecule has 2 unspecified atom stereocenters. The lowest BCUT2D eigenvalue weighted by Crippen LogP contribution is -2.17. The van der Waals surface area contributed by atoms with Crippen LogP contribution in [0, 0.1) is 0 Å². The van der Waals surface area contributed by atoms with E-state index in [9.17, 15) is 0 Å². The second-order valence-electron chi connectivity index (χ2n) is 13.7. The van der Waals surface area contributed by atoms with Crippen molar-refractivity contribution in [3.63, 3.8) is 0 Å². The van der Waals surface area contributed by atoms with Crippen LogP contribution in [0.3, 0.4) is 0 Å². The van der Waals surface area contributed by atoms with Crippen molar-refractivity contribution in [3.8, 4) is 39.1 Å². The number of furan rings is 1. The first kappa shape index (κ1) is 29.4. The summed E-state index contributed by atoms with van der Waals surface area (Å²) in [6, 6.07) is 53.7. The quantitative estimate of drug-likeness (QED) is 0.185. The lowest BCUT2D eigenvalue weighted by Gasteiger charge is -2.29. The zero-order valence-corrected chi connectivity index (χ0v) is 28.7. The predicted molar refractivity (Wildman–Crippen MR) is 214 cm³/mol. The van der Waals surface area contributed by atoms with Gasteiger partial charge in [-0.15, -0.1) is 0 Å². The lowest BCUT2D eigenvalue weighted by atomic mass is 9.86. The fourth-order valence-corrected chi connectivity index (χ4v) is 8.60. The SMILES string of the molecule is Clc1ccccc1N1c2ccc(C3=CC4c5ccccc5OC4C=C3)cc2-c2ccccc2-c2cc(-c3ccc4oc5ccccc5c4c3)ccc21. The molecule has 4 heteroatoms. The Morgan fingerprint density at radius 2 is 1.17 bits per heavy atom. The summed E-state index contributed by atoms with van der Waals surface area (Å²) in [6.07, 6.45) is 6.81. The molecule has 1 aromatic heterocycles. The van der Waals surface area contributed by atoms with Gasteiger partial charge in [0.25, 0.3) is 0 Å². The molecule has 2 atom stereocenters. The molecule has 0 saturated heterocycles. The Labute approximate surface area is 306 Å². The highest BCUT2D eigenvalue weighted by Gasteiger charge is 2.34. The van der Waals surface area contributed by atoms with Gasteiger partial charge in [-0.2, -0.15) is 0 Å². The second kappa shape index (κ2) is 11.4.